The largest absolute Gasteiger partial charge is 0.389 e. The molecule has 2 N–H and O–H groups in total. The molecule has 0 bridgehead atoms. The van der Waals surface area contributed by atoms with Gasteiger partial charge in [-0.15, -0.1) is 0 Å². The van der Waals surface area contributed by atoms with Crippen LogP contribution in [-0.2, 0) is 0 Å². The minimum absolute atomic E-state index is 0.209. The predicted molar refractivity (Wildman–Crippen MR) is 50.8 cm³/mol. The third-order valence-electron chi connectivity index (χ3n) is 1.87. The van der Waals surface area contributed by atoms with Gasteiger partial charge in [-0.05, 0) is 11.8 Å². The third-order valence-corrected chi connectivity index (χ3v) is 1.87. The minimum Gasteiger partial charge on any atom is -0.389 e. The van der Waals surface area contributed by atoms with Crippen molar-refractivity contribution in [1.29, 1.82) is 0 Å². The van der Waals surface area contributed by atoms with E-state index in [9.17, 15) is 10.2 Å². The molecule has 0 heterocycles. The average Bonchev–Trinajstić information content (AvgIpc) is 1.98. The summed E-state index contributed by atoms with van der Waals surface area (Å²) in [7, 11) is 0. The first-order valence-corrected chi connectivity index (χ1v) is 4.49. The summed E-state index contributed by atoms with van der Waals surface area (Å²) in [5.41, 5.74) is 0. The second-order valence-corrected chi connectivity index (χ2v) is 3.85. The Morgan fingerprint density at radius 2 is 1.00 bits per heavy atom. The second-order valence-electron chi connectivity index (χ2n) is 3.85. The molecule has 0 amide bonds. The fourth-order valence-electron chi connectivity index (χ4n) is 0.672. The normalized spacial score (nSPS) is 17.7. The van der Waals surface area contributed by atoms with Crippen molar-refractivity contribution in [3.63, 3.8) is 0 Å². The molecule has 0 fully saturated rings. The summed E-state index contributed by atoms with van der Waals surface area (Å²) in [6.07, 6.45) is 2.43. The summed E-state index contributed by atoms with van der Waals surface area (Å²) in [5.74, 6) is 0.418. The van der Waals surface area contributed by atoms with Crippen molar-refractivity contribution < 1.29 is 10.2 Å². The van der Waals surface area contributed by atoms with Crippen molar-refractivity contribution >= 4 is 0 Å². The Hall–Kier alpha value is -0.340. The molecule has 0 aliphatic rings. The van der Waals surface area contributed by atoms with Crippen LogP contribution < -0.4 is 0 Å². The van der Waals surface area contributed by atoms with Gasteiger partial charge < -0.3 is 10.2 Å². The molecule has 0 saturated heterocycles. The Morgan fingerprint density at radius 3 is 1.17 bits per heavy atom. The summed E-state index contributed by atoms with van der Waals surface area (Å²) in [5, 5.41) is 18.7. The van der Waals surface area contributed by atoms with Crippen LogP contribution in [0.3, 0.4) is 0 Å². The van der Waals surface area contributed by atoms with Crippen LogP contribution in [0.15, 0.2) is 12.2 Å². The molecule has 72 valence electrons. The molecule has 0 aromatic rings. The Labute approximate surface area is 74.9 Å². The Balaban J connectivity index is 3.89. The van der Waals surface area contributed by atoms with Crippen LogP contribution in [0.2, 0.25) is 0 Å². The highest BCUT2D eigenvalue weighted by Crippen LogP contribution is 2.06. The zero-order valence-electron chi connectivity index (χ0n) is 8.36. The van der Waals surface area contributed by atoms with Gasteiger partial charge in [-0.2, -0.15) is 0 Å². The van der Waals surface area contributed by atoms with Crippen LogP contribution >= 0.6 is 0 Å². The topological polar surface area (TPSA) is 40.5 Å². The average molecular weight is 172 g/mol. The molecular formula is C10H20O2. The van der Waals surface area contributed by atoms with Gasteiger partial charge in [-0.3, -0.25) is 0 Å². The van der Waals surface area contributed by atoms with Crippen LogP contribution in [0, 0.1) is 11.8 Å². The lowest BCUT2D eigenvalue weighted by Crippen LogP contribution is -2.15. The standard InChI is InChI=1S/C10H20O2/c1-7(2)9(11)5-6-10(12)8(3)4/h5-12H,1-4H3. The van der Waals surface area contributed by atoms with E-state index >= 15 is 0 Å². The molecule has 0 aromatic heterocycles. The molecular weight excluding hydrogens is 152 g/mol. The summed E-state index contributed by atoms with van der Waals surface area (Å²) >= 11 is 0. The summed E-state index contributed by atoms with van der Waals surface area (Å²) in [6.45, 7) is 7.76. The van der Waals surface area contributed by atoms with E-state index in [4.69, 9.17) is 0 Å². The molecule has 0 saturated carbocycles. The molecule has 0 aliphatic heterocycles. The second kappa shape index (κ2) is 5.33. The fraction of sp³-hybridized carbons (Fsp3) is 0.800. The number of hydrogen-bond donors (Lipinski definition) is 2. The molecule has 12 heavy (non-hydrogen) atoms. The monoisotopic (exact) mass is 172 g/mol. The molecule has 0 aromatic carbocycles. The first kappa shape index (κ1) is 11.7. The highest BCUT2D eigenvalue weighted by molar-refractivity contribution is 4.95. The van der Waals surface area contributed by atoms with Gasteiger partial charge in [0, 0.05) is 0 Å². The van der Waals surface area contributed by atoms with Gasteiger partial charge in [0.05, 0.1) is 12.2 Å². The molecule has 2 atom stereocenters. The quantitative estimate of drug-likeness (QED) is 0.632. The van der Waals surface area contributed by atoms with Gasteiger partial charge in [0.25, 0.3) is 0 Å². The lowest BCUT2D eigenvalue weighted by molar-refractivity contribution is 0.156. The van der Waals surface area contributed by atoms with Gasteiger partial charge in [0.2, 0.25) is 0 Å². The molecule has 0 rings (SSSR count). The fourth-order valence-corrected chi connectivity index (χ4v) is 0.672. The summed E-state index contributed by atoms with van der Waals surface area (Å²) in [4.78, 5) is 0. The smallest absolute Gasteiger partial charge is 0.0744 e. The highest BCUT2D eigenvalue weighted by Gasteiger charge is 2.07. The number of aliphatic hydroxyl groups is 2. The van der Waals surface area contributed by atoms with Crippen LogP contribution in [0.4, 0.5) is 0 Å². The van der Waals surface area contributed by atoms with Crippen molar-refractivity contribution in [2.24, 2.45) is 11.8 Å². The number of rotatable bonds is 4. The van der Waals surface area contributed by atoms with Gasteiger partial charge in [0.15, 0.2) is 0 Å². The van der Waals surface area contributed by atoms with Crippen molar-refractivity contribution in [2.75, 3.05) is 0 Å². The van der Waals surface area contributed by atoms with Gasteiger partial charge in [-0.1, -0.05) is 39.8 Å². The van der Waals surface area contributed by atoms with E-state index < -0.39 is 12.2 Å². The molecule has 0 spiro atoms. The maximum Gasteiger partial charge on any atom is 0.0744 e. The molecule has 0 radical (unpaired) electrons. The SMILES string of the molecule is CC(C)C(O)C=CC(O)C(C)C. The Bertz CT molecular complexity index is 123. The molecule has 0 aliphatic carbocycles. The number of hydrogen-bond acceptors (Lipinski definition) is 2. The van der Waals surface area contributed by atoms with Crippen LogP contribution in [0.25, 0.3) is 0 Å². The van der Waals surface area contributed by atoms with Crippen molar-refractivity contribution in [1.82, 2.24) is 0 Å². The predicted octanol–water partition coefficient (Wildman–Crippen LogP) is 1.58. The van der Waals surface area contributed by atoms with E-state index in [-0.39, 0.29) is 11.8 Å². The van der Waals surface area contributed by atoms with E-state index in [0.717, 1.165) is 0 Å². The summed E-state index contributed by atoms with van der Waals surface area (Å²) in [6, 6.07) is 0. The summed E-state index contributed by atoms with van der Waals surface area (Å²) < 4.78 is 0. The van der Waals surface area contributed by atoms with Crippen molar-refractivity contribution in [3.8, 4) is 0 Å². The molecule has 2 unspecified atom stereocenters. The maximum atomic E-state index is 9.36. The minimum atomic E-state index is -0.446. The van der Waals surface area contributed by atoms with Gasteiger partial charge in [0.1, 0.15) is 0 Å². The van der Waals surface area contributed by atoms with Crippen LogP contribution in [-0.4, -0.2) is 22.4 Å². The Kier molecular flexibility index (Phi) is 5.18. The highest BCUT2D eigenvalue weighted by atomic mass is 16.3. The van der Waals surface area contributed by atoms with Crippen LogP contribution in [0.5, 0.6) is 0 Å². The maximum absolute atomic E-state index is 9.36. The van der Waals surface area contributed by atoms with E-state index in [1.54, 1.807) is 12.2 Å². The van der Waals surface area contributed by atoms with Crippen LogP contribution in [0.1, 0.15) is 27.7 Å². The zero-order chi connectivity index (χ0) is 9.72. The van der Waals surface area contributed by atoms with E-state index in [1.807, 2.05) is 27.7 Å². The van der Waals surface area contributed by atoms with E-state index in [1.165, 1.54) is 0 Å². The first-order valence-electron chi connectivity index (χ1n) is 4.49. The lowest BCUT2D eigenvalue weighted by atomic mass is 10.0. The van der Waals surface area contributed by atoms with Gasteiger partial charge in [-0.25, -0.2) is 0 Å². The Morgan fingerprint density at radius 1 is 0.750 bits per heavy atom. The number of aliphatic hydroxyl groups excluding tert-OH is 2. The van der Waals surface area contributed by atoms with Crippen molar-refractivity contribution in [2.45, 2.75) is 39.9 Å². The molecule has 2 nitrogen and oxygen atoms in total. The first-order chi connectivity index (χ1) is 5.45. The van der Waals surface area contributed by atoms with Gasteiger partial charge >= 0.3 is 0 Å². The lowest BCUT2D eigenvalue weighted by Gasteiger charge is -2.12. The van der Waals surface area contributed by atoms with E-state index in [2.05, 4.69) is 0 Å². The van der Waals surface area contributed by atoms with E-state index in [0.29, 0.717) is 0 Å². The molecule has 2 heteroatoms. The van der Waals surface area contributed by atoms with Crippen molar-refractivity contribution in [3.05, 3.63) is 12.2 Å². The third kappa shape index (κ3) is 4.52. The zero-order valence-corrected chi connectivity index (χ0v) is 8.36.